The van der Waals surface area contributed by atoms with E-state index in [9.17, 15) is 9.59 Å². The van der Waals surface area contributed by atoms with Crippen LogP contribution in [-0.2, 0) is 22.6 Å². The van der Waals surface area contributed by atoms with Crippen molar-refractivity contribution in [1.29, 1.82) is 0 Å². The van der Waals surface area contributed by atoms with E-state index in [0.29, 0.717) is 38.6 Å². The third-order valence-electron chi connectivity index (χ3n) is 4.31. The van der Waals surface area contributed by atoms with Crippen LogP contribution in [0, 0.1) is 0 Å². The fraction of sp³-hybridized carbons (Fsp3) is 0.571. The normalized spacial score (nSPS) is 14.2. The molecule has 0 aromatic heterocycles. The lowest BCUT2D eigenvalue weighted by molar-refractivity contribution is -0.128. The zero-order valence-corrected chi connectivity index (χ0v) is 20.6. The quantitative estimate of drug-likeness (QED) is 0.218. The Morgan fingerprint density at radius 1 is 1.17 bits per heavy atom. The van der Waals surface area contributed by atoms with Gasteiger partial charge < -0.3 is 25.6 Å². The van der Waals surface area contributed by atoms with E-state index < -0.39 is 11.7 Å². The van der Waals surface area contributed by atoms with Crippen LogP contribution in [0.2, 0.25) is 0 Å². The summed E-state index contributed by atoms with van der Waals surface area (Å²) in [6.45, 7) is 8.55. The highest BCUT2D eigenvalue weighted by molar-refractivity contribution is 14.0. The monoisotopic (exact) mass is 531 g/mol. The first-order chi connectivity index (χ1) is 13.8. The molecule has 1 aliphatic heterocycles. The van der Waals surface area contributed by atoms with E-state index >= 15 is 0 Å². The van der Waals surface area contributed by atoms with E-state index in [1.165, 1.54) is 0 Å². The Labute approximate surface area is 196 Å². The highest BCUT2D eigenvalue weighted by Gasteiger charge is 2.20. The maximum absolute atomic E-state index is 11.8. The first-order valence-corrected chi connectivity index (χ1v) is 10.0. The van der Waals surface area contributed by atoms with Crippen LogP contribution in [0.4, 0.5) is 4.79 Å². The van der Waals surface area contributed by atoms with Gasteiger partial charge in [-0.15, -0.1) is 24.0 Å². The summed E-state index contributed by atoms with van der Waals surface area (Å²) in [6.07, 6.45) is 1.17. The van der Waals surface area contributed by atoms with Crippen LogP contribution in [0.3, 0.4) is 0 Å². The molecule has 1 aromatic rings. The van der Waals surface area contributed by atoms with Crippen molar-refractivity contribution in [3.63, 3.8) is 0 Å². The molecule has 1 saturated heterocycles. The van der Waals surface area contributed by atoms with Gasteiger partial charge in [-0.2, -0.15) is 0 Å². The molecule has 0 spiro atoms. The van der Waals surface area contributed by atoms with Crippen LogP contribution in [0.15, 0.2) is 29.3 Å². The lowest BCUT2D eigenvalue weighted by Gasteiger charge is -2.20. The number of carbonyl (C=O) groups excluding carboxylic acids is 2. The molecule has 0 saturated carbocycles. The summed E-state index contributed by atoms with van der Waals surface area (Å²) < 4.78 is 5.19. The lowest BCUT2D eigenvalue weighted by Crippen LogP contribution is -2.42. The second-order valence-electron chi connectivity index (χ2n) is 8.02. The van der Waals surface area contributed by atoms with Gasteiger partial charge in [0.25, 0.3) is 0 Å². The molecule has 1 aliphatic rings. The maximum Gasteiger partial charge on any atom is 0.407 e. The number of ether oxygens (including phenoxy) is 1. The Hall–Kier alpha value is -2.04. The summed E-state index contributed by atoms with van der Waals surface area (Å²) in [5.41, 5.74) is 1.74. The summed E-state index contributed by atoms with van der Waals surface area (Å²) in [5, 5.41) is 9.11. The van der Waals surface area contributed by atoms with Gasteiger partial charge in [0.1, 0.15) is 5.60 Å². The number of carbonyl (C=O) groups is 2. The largest absolute Gasteiger partial charge is 0.444 e. The summed E-state index contributed by atoms with van der Waals surface area (Å²) in [4.78, 5) is 29.5. The molecule has 30 heavy (non-hydrogen) atoms. The van der Waals surface area contributed by atoms with Gasteiger partial charge in [0, 0.05) is 46.2 Å². The second kappa shape index (κ2) is 12.6. The summed E-state index contributed by atoms with van der Waals surface area (Å²) in [6, 6.07) is 8.20. The van der Waals surface area contributed by atoms with Gasteiger partial charge >= 0.3 is 6.09 Å². The van der Waals surface area contributed by atoms with Crippen molar-refractivity contribution < 1.29 is 14.3 Å². The third-order valence-corrected chi connectivity index (χ3v) is 4.31. The highest BCUT2D eigenvalue weighted by Crippen LogP contribution is 2.15. The molecule has 1 fully saturated rings. The van der Waals surface area contributed by atoms with Gasteiger partial charge in [0.05, 0.1) is 0 Å². The summed E-state index contributed by atoms with van der Waals surface area (Å²) in [7, 11) is 1.70. The number of hydrogen-bond acceptors (Lipinski definition) is 4. The molecule has 9 heteroatoms. The number of aliphatic imine (C=N–C) groups is 1. The number of guanidine groups is 1. The van der Waals surface area contributed by atoms with Crippen LogP contribution in [-0.4, -0.2) is 55.1 Å². The fourth-order valence-corrected chi connectivity index (χ4v) is 3.00. The van der Waals surface area contributed by atoms with Crippen LogP contribution < -0.4 is 16.0 Å². The number of hydrogen-bond donors (Lipinski definition) is 3. The molecule has 168 valence electrons. The number of amides is 2. The molecular weight excluding hydrogens is 497 g/mol. The van der Waals surface area contributed by atoms with Crippen molar-refractivity contribution in [2.24, 2.45) is 4.99 Å². The Bertz CT molecular complexity index is 734. The maximum atomic E-state index is 11.8. The molecule has 8 nitrogen and oxygen atoms in total. The number of halogens is 1. The molecule has 1 aromatic carbocycles. The molecule has 0 radical (unpaired) electrons. The average Bonchev–Trinajstić information content (AvgIpc) is 3.04. The average molecular weight is 531 g/mol. The van der Waals surface area contributed by atoms with E-state index in [1.807, 2.05) is 43.9 Å². The molecule has 0 atom stereocenters. The highest BCUT2D eigenvalue weighted by atomic mass is 127. The zero-order chi connectivity index (χ0) is 21.3. The molecule has 0 unspecified atom stereocenters. The van der Waals surface area contributed by atoms with E-state index in [1.54, 1.807) is 7.05 Å². The molecule has 2 amide bonds. The lowest BCUT2D eigenvalue weighted by atomic mass is 10.1. The first-order valence-electron chi connectivity index (χ1n) is 10.0. The molecule has 2 rings (SSSR count). The predicted octanol–water partition coefficient (Wildman–Crippen LogP) is 2.62. The zero-order valence-electron chi connectivity index (χ0n) is 18.3. The summed E-state index contributed by atoms with van der Waals surface area (Å²) >= 11 is 0. The molecule has 1 heterocycles. The summed E-state index contributed by atoms with van der Waals surface area (Å²) in [5.74, 6) is 0.884. The van der Waals surface area contributed by atoms with Crippen LogP contribution in [0.25, 0.3) is 0 Å². The SMILES string of the molecule is CN=C(NCCNC(=O)OC(C)(C)C)NCc1cccc(CN2CCCC2=O)c1.I. The minimum Gasteiger partial charge on any atom is -0.444 e. The second-order valence-corrected chi connectivity index (χ2v) is 8.02. The van der Waals surface area contributed by atoms with Crippen LogP contribution in [0.5, 0.6) is 0 Å². The minimum atomic E-state index is -0.508. The van der Waals surface area contributed by atoms with Crippen LogP contribution >= 0.6 is 24.0 Å². The van der Waals surface area contributed by atoms with E-state index in [0.717, 1.165) is 24.1 Å². The standard InChI is InChI=1S/C21H33N5O3.HI/c1-21(2,3)29-20(28)24-11-10-23-19(22-4)25-14-16-7-5-8-17(13-16)15-26-12-6-9-18(26)27;/h5,7-8,13H,6,9-12,14-15H2,1-4H3,(H,24,28)(H2,22,23,25);1H. The minimum absolute atomic E-state index is 0. The first kappa shape index (κ1) is 26.0. The van der Waals surface area contributed by atoms with Gasteiger partial charge in [-0.25, -0.2) is 4.79 Å². The molecule has 0 aliphatic carbocycles. The number of nitrogens with one attached hydrogen (secondary N) is 3. The number of nitrogens with zero attached hydrogens (tertiary/aromatic N) is 2. The Balaban J connectivity index is 0.00000450. The number of likely N-dealkylation sites (tertiary alicyclic amines) is 1. The van der Waals surface area contributed by atoms with E-state index in [2.05, 4.69) is 27.0 Å². The Morgan fingerprint density at radius 3 is 2.50 bits per heavy atom. The fourth-order valence-electron chi connectivity index (χ4n) is 3.00. The van der Waals surface area contributed by atoms with Crippen molar-refractivity contribution in [2.75, 3.05) is 26.7 Å². The number of benzene rings is 1. The van der Waals surface area contributed by atoms with Gasteiger partial charge in [0.2, 0.25) is 5.91 Å². The van der Waals surface area contributed by atoms with Crippen molar-refractivity contribution in [3.8, 4) is 0 Å². The topological polar surface area (TPSA) is 95.1 Å². The molecular formula is C21H34IN5O3. The molecule has 0 bridgehead atoms. The third kappa shape index (κ3) is 9.64. The smallest absolute Gasteiger partial charge is 0.407 e. The van der Waals surface area contributed by atoms with Gasteiger partial charge in [-0.1, -0.05) is 24.3 Å². The Kier molecular flexibility index (Phi) is 10.9. The van der Waals surface area contributed by atoms with E-state index in [-0.39, 0.29) is 29.9 Å². The van der Waals surface area contributed by atoms with Crippen molar-refractivity contribution in [1.82, 2.24) is 20.9 Å². The van der Waals surface area contributed by atoms with Gasteiger partial charge in [0.15, 0.2) is 5.96 Å². The number of rotatable bonds is 7. The van der Waals surface area contributed by atoms with Gasteiger partial charge in [-0.05, 0) is 38.3 Å². The van der Waals surface area contributed by atoms with Crippen molar-refractivity contribution in [2.45, 2.75) is 52.3 Å². The van der Waals surface area contributed by atoms with Crippen molar-refractivity contribution >= 4 is 41.9 Å². The van der Waals surface area contributed by atoms with Gasteiger partial charge in [-0.3, -0.25) is 9.79 Å². The van der Waals surface area contributed by atoms with Crippen LogP contribution in [0.1, 0.15) is 44.7 Å². The Morgan fingerprint density at radius 2 is 1.87 bits per heavy atom. The van der Waals surface area contributed by atoms with E-state index in [4.69, 9.17) is 4.74 Å². The van der Waals surface area contributed by atoms with Crippen molar-refractivity contribution in [3.05, 3.63) is 35.4 Å². The molecule has 3 N–H and O–H groups in total. The predicted molar refractivity (Wildman–Crippen MR) is 129 cm³/mol. The number of alkyl carbamates (subject to hydrolysis) is 1.